The molecule has 0 bridgehead atoms. The van der Waals surface area contributed by atoms with Crippen molar-refractivity contribution in [2.75, 3.05) is 12.4 Å². The zero-order chi connectivity index (χ0) is 10.8. The summed E-state index contributed by atoms with van der Waals surface area (Å²) < 4.78 is 1.000. The van der Waals surface area contributed by atoms with E-state index in [1.165, 1.54) is 0 Å². The quantitative estimate of drug-likeness (QED) is 0.896. The summed E-state index contributed by atoms with van der Waals surface area (Å²) in [5.41, 5.74) is 1.94. The van der Waals surface area contributed by atoms with Gasteiger partial charge in [-0.3, -0.25) is 0 Å². The number of halogens is 2. The molecule has 0 amide bonds. The van der Waals surface area contributed by atoms with E-state index in [1.54, 1.807) is 11.3 Å². The molecule has 0 aliphatic heterocycles. The van der Waals surface area contributed by atoms with Gasteiger partial charge in [-0.25, -0.2) is 4.98 Å². The van der Waals surface area contributed by atoms with E-state index in [2.05, 4.69) is 26.2 Å². The molecular formula is C10H8BrClN2S. The van der Waals surface area contributed by atoms with Gasteiger partial charge in [-0.2, -0.15) is 0 Å². The Bertz CT molecular complexity index is 484. The molecule has 0 radical (unpaired) electrons. The first kappa shape index (κ1) is 10.9. The fourth-order valence-corrected chi connectivity index (χ4v) is 2.50. The number of hydrogen-bond donors (Lipinski definition) is 1. The maximum atomic E-state index is 5.95. The maximum absolute atomic E-state index is 5.95. The van der Waals surface area contributed by atoms with Crippen molar-refractivity contribution in [2.45, 2.75) is 0 Å². The van der Waals surface area contributed by atoms with Gasteiger partial charge in [0.1, 0.15) is 0 Å². The number of anilines is 1. The molecule has 1 N–H and O–H groups in total. The average Bonchev–Trinajstić information content (AvgIpc) is 2.70. The summed E-state index contributed by atoms with van der Waals surface area (Å²) in [4.78, 5) is 4.42. The lowest BCUT2D eigenvalue weighted by molar-refractivity contribution is 1.36. The van der Waals surface area contributed by atoms with Gasteiger partial charge in [-0.05, 0) is 18.2 Å². The third-order valence-corrected chi connectivity index (χ3v) is 3.71. The van der Waals surface area contributed by atoms with Crippen LogP contribution in [0.2, 0.25) is 5.02 Å². The molecule has 1 aromatic carbocycles. The summed E-state index contributed by atoms with van der Waals surface area (Å²) in [6.45, 7) is 0. The molecule has 0 fully saturated rings. The van der Waals surface area contributed by atoms with Gasteiger partial charge in [-0.15, -0.1) is 11.3 Å². The summed E-state index contributed by atoms with van der Waals surface area (Å²) in [6, 6.07) is 5.68. The smallest absolute Gasteiger partial charge is 0.182 e. The Balaban J connectivity index is 2.48. The fourth-order valence-electron chi connectivity index (χ4n) is 1.21. The second-order valence-electron chi connectivity index (χ2n) is 2.91. The number of thiazole rings is 1. The van der Waals surface area contributed by atoms with Gasteiger partial charge in [0.15, 0.2) is 5.13 Å². The highest BCUT2D eigenvalue weighted by Gasteiger charge is 2.07. The maximum Gasteiger partial charge on any atom is 0.182 e. The first-order valence-electron chi connectivity index (χ1n) is 4.29. The fraction of sp³-hybridized carbons (Fsp3) is 0.100. The van der Waals surface area contributed by atoms with Crippen LogP contribution in [0.4, 0.5) is 5.13 Å². The zero-order valence-corrected chi connectivity index (χ0v) is 11.1. The Morgan fingerprint density at radius 2 is 2.27 bits per heavy atom. The molecule has 78 valence electrons. The lowest BCUT2D eigenvalue weighted by Crippen LogP contribution is -1.86. The van der Waals surface area contributed by atoms with Gasteiger partial charge in [0, 0.05) is 27.5 Å². The highest BCUT2D eigenvalue weighted by molar-refractivity contribution is 9.10. The van der Waals surface area contributed by atoms with Crippen molar-refractivity contribution >= 4 is 44.0 Å². The average molecular weight is 304 g/mol. The predicted octanol–water partition coefficient (Wildman–Crippen LogP) is 4.27. The molecule has 2 nitrogen and oxygen atoms in total. The molecule has 5 heteroatoms. The van der Waals surface area contributed by atoms with Crippen molar-refractivity contribution in [3.63, 3.8) is 0 Å². The van der Waals surface area contributed by atoms with Crippen LogP contribution in [0, 0.1) is 0 Å². The van der Waals surface area contributed by atoms with E-state index >= 15 is 0 Å². The van der Waals surface area contributed by atoms with Crippen LogP contribution in [0.15, 0.2) is 28.1 Å². The normalized spacial score (nSPS) is 10.3. The van der Waals surface area contributed by atoms with Crippen LogP contribution in [0.3, 0.4) is 0 Å². The van der Waals surface area contributed by atoms with E-state index in [0.717, 1.165) is 20.9 Å². The summed E-state index contributed by atoms with van der Waals surface area (Å²) in [6.07, 6.45) is 0. The summed E-state index contributed by atoms with van der Waals surface area (Å²) in [5, 5.41) is 6.63. The molecule has 0 unspecified atom stereocenters. The Kier molecular flexibility index (Phi) is 3.29. The molecule has 0 aliphatic carbocycles. The largest absolute Gasteiger partial charge is 0.365 e. The standard InChI is InChI=1S/C10H8BrClN2S/c1-13-10-14-9(5-15-10)7-4-6(12)2-3-8(7)11/h2-5H,1H3,(H,13,14). The third-order valence-electron chi connectivity index (χ3n) is 1.92. The minimum atomic E-state index is 0.715. The van der Waals surface area contributed by atoms with Gasteiger partial charge >= 0.3 is 0 Å². The van der Waals surface area contributed by atoms with Crippen LogP contribution in [0.25, 0.3) is 11.3 Å². The first-order chi connectivity index (χ1) is 7.20. The first-order valence-corrected chi connectivity index (χ1v) is 6.34. The molecule has 2 aromatic rings. The monoisotopic (exact) mass is 302 g/mol. The molecule has 0 saturated carbocycles. The van der Waals surface area contributed by atoms with Crippen molar-refractivity contribution in [3.05, 3.63) is 33.1 Å². The molecule has 15 heavy (non-hydrogen) atoms. The Labute approximate surface area is 105 Å². The number of aromatic nitrogens is 1. The van der Waals surface area contributed by atoms with Crippen molar-refractivity contribution in [3.8, 4) is 11.3 Å². The number of hydrogen-bond acceptors (Lipinski definition) is 3. The summed E-state index contributed by atoms with van der Waals surface area (Å²) in [7, 11) is 1.86. The van der Waals surface area contributed by atoms with Gasteiger partial charge in [-0.1, -0.05) is 27.5 Å². The van der Waals surface area contributed by atoms with E-state index in [-0.39, 0.29) is 0 Å². The molecule has 0 atom stereocenters. The van der Waals surface area contributed by atoms with Crippen molar-refractivity contribution in [1.29, 1.82) is 0 Å². The molecule has 0 aliphatic rings. The van der Waals surface area contributed by atoms with Crippen LogP contribution < -0.4 is 5.32 Å². The lowest BCUT2D eigenvalue weighted by atomic mass is 10.2. The topological polar surface area (TPSA) is 24.9 Å². The molecule has 0 saturated heterocycles. The minimum Gasteiger partial charge on any atom is -0.365 e. The van der Waals surface area contributed by atoms with E-state index < -0.39 is 0 Å². The lowest BCUT2D eigenvalue weighted by Gasteiger charge is -2.01. The van der Waals surface area contributed by atoms with Crippen LogP contribution in [-0.2, 0) is 0 Å². The predicted molar refractivity (Wildman–Crippen MR) is 69.8 cm³/mol. The third kappa shape index (κ3) is 2.33. The van der Waals surface area contributed by atoms with Crippen LogP contribution in [-0.4, -0.2) is 12.0 Å². The van der Waals surface area contributed by atoms with Crippen LogP contribution in [0.5, 0.6) is 0 Å². The summed E-state index contributed by atoms with van der Waals surface area (Å²) >= 11 is 11.0. The second kappa shape index (κ2) is 4.51. The van der Waals surface area contributed by atoms with Crippen LogP contribution in [0.1, 0.15) is 0 Å². The number of benzene rings is 1. The highest BCUT2D eigenvalue weighted by Crippen LogP contribution is 2.32. The van der Waals surface area contributed by atoms with E-state index in [9.17, 15) is 0 Å². The van der Waals surface area contributed by atoms with Crippen molar-refractivity contribution in [2.24, 2.45) is 0 Å². The van der Waals surface area contributed by atoms with Gasteiger partial charge in [0.05, 0.1) is 5.69 Å². The molecular weight excluding hydrogens is 296 g/mol. The summed E-state index contributed by atoms with van der Waals surface area (Å²) in [5.74, 6) is 0. The van der Waals surface area contributed by atoms with E-state index in [4.69, 9.17) is 11.6 Å². The van der Waals surface area contributed by atoms with Crippen LogP contribution >= 0.6 is 38.9 Å². The molecule has 1 heterocycles. The van der Waals surface area contributed by atoms with Gasteiger partial charge < -0.3 is 5.32 Å². The highest BCUT2D eigenvalue weighted by atomic mass is 79.9. The van der Waals surface area contributed by atoms with Gasteiger partial charge in [0.25, 0.3) is 0 Å². The number of rotatable bonds is 2. The number of nitrogens with one attached hydrogen (secondary N) is 1. The Morgan fingerprint density at radius 1 is 1.47 bits per heavy atom. The molecule has 2 rings (SSSR count). The van der Waals surface area contributed by atoms with Crippen molar-refractivity contribution in [1.82, 2.24) is 4.98 Å². The SMILES string of the molecule is CNc1nc(-c2cc(Cl)ccc2Br)cs1. The Hall–Kier alpha value is -0.580. The number of nitrogens with zero attached hydrogens (tertiary/aromatic N) is 1. The van der Waals surface area contributed by atoms with Crippen molar-refractivity contribution < 1.29 is 0 Å². The van der Waals surface area contributed by atoms with E-state index in [1.807, 2.05) is 30.6 Å². The second-order valence-corrected chi connectivity index (χ2v) is 5.06. The molecule has 0 spiro atoms. The Morgan fingerprint density at radius 3 is 2.93 bits per heavy atom. The van der Waals surface area contributed by atoms with Gasteiger partial charge in [0.2, 0.25) is 0 Å². The van der Waals surface area contributed by atoms with E-state index in [0.29, 0.717) is 5.02 Å². The minimum absolute atomic E-state index is 0.715. The zero-order valence-electron chi connectivity index (χ0n) is 7.92. The molecule has 1 aromatic heterocycles.